The maximum Gasteiger partial charge on any atom is 0.302 e. The van der Waals surface area contributed by atoms with Crippen molar-refractivity contribution in [1.29, 1.82) is 0 Å². The number of carbonyl (C=O) groups is 1. The van der Waals surface area contributed by atoms with Crippen LogP contribution in [0, 0.1) is 0 Å². The van der Waals surface area contributed by atoms with Crippen molar-refractivity contribution in [2.45, 2.75) is 13.0 Å². The fraction of sp³-hybridized carbons (Fsp3) is 0.455. The van der Waals surface area contributed by atoms with E-state index in [-0.39, 0.29) is 17.3 Å². The number of benzene rings is 1. The van der Waals surface area contributed by atoms with Gasteiger partial charge in [0.25, 0.3) is 6.01 Å². The number of nitrogens with one attached hydrogen (secondary N) is 1. The Labute approximate surface area is 195 Å². The summed E-state index contributed by atoms with van der Waals surface area (Å²) in [4.78, 5) is 27.7. The highest BCUT2D eigenvalue weighted by Gasteiger charge is 2.21. The first-order valence-electron chi connectivity index (χ1n) is 11.2. The van der Waals surface area contributed by atoms with Gasteiger partial charge in [-0.2, -0.15) is 9.98 Å². The van der Waals surface area contributed by atoms with E-state index in [0.29, 0.717) is 36.7 Å². The average molecular weight is 470 g/mol. The average Bonchev–Trinajstić information content (AvgIpc) is 3.52. The first-order chi connectivity index (χ1) is 16.6. The summed E-state index contributed by atoms with van der Waals surface area (Å²) in [6, 6.07) is 3.73. The maximum absolute atomic E-state index is 12.6. The molecule has 1 fully saturated rings. The first-order valence-corrected chi connectivity index (χ1v) is 11.2. The molecule has 3 N–H and O–H groups in total. The number of ether oxygens (including phenoxy) is 3. The Kier molecular flexibility index (Phi) is 6.32. The third-order valence-corrected chi connectivity index (χ3v) is 5.83. The number of anilines is 2. The Hall–Kier alpha value is -3.64. The predicted molar refractivity (Wildman–Crippen MR) is 123 cm³/mol. The number of aromatic nitrogens is 3. The molecule has 4 heterocycles. The summed E-state index contributed by atoms with van der Waals surface area (Å²) in [5.41, 5.74) is 6.29. The van der Waals surface area contributed by atoms with E-state index in [0.717, 1.165) is 50.5 Å². The summed E-state index contributed by atoms with van der Waals surface area (Å²) < 4.78 is 23.9. The molecule has 3 aromatic rings. The Balaban J connectivity index is 1.44. The summed E-state index contributed by atoms with van der Waals surface area (Å²) in [5.74, 6) is 1.31. The van der Waals surface area contributed by atoms with Gasteiger partial charge < -0.3 is 29.7 Å². The van der Waals surface area contributed by atoms with Crippen LogP contribution in [0.5, 0.6) is 11.5 Å². The number of rotatable bonds is 7. The number of fused-ring (bicyclic) bond motifs is 3. The van der Waals surface area contributed by atoms with Gasteiger partial charge in [0.05, 0.1) is 26.9 Å². The summed E-state index contributed by atoms with van der Waals surface area (Å²) in [7, 11) is 1.57. The minimum atomic E-state index is -0.594. The zero-order chi connectivity index (χ0) is 23.5. The molecule has 5 rings (SSSR count). The monoisotopic (exact) mass is 469 g/mol. The van der Waals surface area contributed by atoms with Crippen LogP contribution in [0.2, 0.25) is 0 Å². The number of hydrogen-bond acceptors (Lipinski definition) is 10. The topological polar surface area (TPSA) is 142 Å². The molecule has 0 atom stereocenters. The Morgan fingerprint density at radius 1 is 1.26 bits per heavy atom. The van der Waals surface area contributed by atoms with Crippen LogP contribution in [0.1, 0.15) is 16.9 Å². The molecule has 2 aliphatic rings. The van der Waals surface area contributed by atoms with Gasteiger partial charge in [-0.15, -0.1) is 0 Å². The van der Waals surface area contributed by atoms with E-state index in [4.69, 9.17) is 24.4 Å². The van der Waals surface area contributed by atoms with Crippen molar-refractivity contribution in [1.82, 2.24) is 19.4 Å². The number of nitrogens with two attached hydrogens (primary N) is 1. The van der Waals surface area contributed by atoms with E-state index in [1.165, 1.54) is 6.26 Å². The number of nitrogen functional groups attached to an aromatic ring is 1. The van der Waals surface area contributed by atoms with Gasteiger partial charge in [0.2, 0.25) is 5.62 Å². The highest BCUT2D eigenvalue weighted by atomic mass is 16.5. The summed E-state index contributed by atoms with van der Waals surface area (Å²) in [6.45, 7) is 6.26. The van der Waals surface area contributed by atoms with E-state index in [9.17, 15) is 4.79 Å². The zero-order valence-electron chi connectivity index (χ0n) is 19.0. The normalized spacial score (nSPS) is 16.4. The van der Waals surface area contributed by atoms with E-state index in [1.807, 2.05) is 16.7 Å². The summed E-state index contributed by atoms with van der Waals surface area (Å²) in [5, 5.41) is 4.20. The number of oxazole rings is 1. The smallest absolute Gasteiger partial charge is 0.302 e. The number of nitrogens with zero attached hydrogens (tertiary/aromatic N) is 5. The lowest BCUT2D eigenvalue weighted by atomic mass is 10.2. The molecule has 34 heavy (non-hydrogen) atoms. The predicted octanol–water partition coefficient (Wildman–Crippen LogP) is 0.883. The van der Waals surface area contributed by atoms with Gasteiger partial charge in [0, 0.05) is 38.1 Å². The minimum Gasteiger partial charge on any atom is -0.491 e. The largest absolute Gasteiger partial charge is 0.491 e. The Bertz CT molecular complexity index is 1260. The van der Waals surface area contributed by atoms with Crippen LogP contribution in [-0.4, -0.2) is 78.5 Å². The molecule has 0 bridgehead atoms. The molecule has 2 aliphatic heterocycles. The molecular weight excluding hydrogens is 442 g/mol. The van der Waals surface area contributed by atoms with Crippen LogP contribution in [0.15, 0.2) is 27.8 Å². The molecule has 180 valence electrons. The SMILES string of the molecule is COc1c(OCCCN2CCOCC2)ccc2c3n(c(=NC(=O)c4coc(N)n4)nc12)CCN3. The molecule has 0 saturated carbocycles. The molecular formula is C22H27N7O5. The minimum absolute atomic E-state index is 0.0176. The number of morpholine rings is 1. The molecule has 0 unspecified atom stereocenters. The van der Waals surface area contributed by atoms with Gasteiger partial charge in [-0.1, -0.05) is 0 Å². The van der Waals surface area contributed by atoms with Crippen molar-refractivity contribution < 1.29 is 23.4 Å². The molecule has 2 aromatic heterocycles. The van der Waals surface area contributed by atoms with Crippen LogP contribution in [-0.2, 0) is 11.3 Å². The molecule has 0 aliphatic carbocycles. The van der Waals surface area contributed by atoms with Crippen molar-refractivity contribution in [2.24, 2.45) is 4.99 Å². The van der Waals surface area contributed by atoms with Gasteiger partial charge in [-0.05, 0) is 18.6 Å². The fourth-order valence-corrected chi connectivity index (χ4v) is 4.17. The number of hydrogen-bond donors (Lipinski definition) is 2. The lowest BCUT2D eigenvalue weighted by Crippen LogP contribution is -2.37. The van der Waals surface area contributed by atoms with Crippen molar-refractivity contribution >= 4 is 28.6 Å². The fourth-order valence-electron chi connectivity index (χ4n) is 4.17. The molecule has 0 spiro atoms. The molecule has 1 aromatic carbocycles. The molecule has 1 amide bonds. The van der Waals surface area contributed by atoms with Gasteiger partial charge >= 0.3 is 5.91 Å². The van der Waals surface area contributed by atoms with Crippen LogP contribution < -0.4 is 26.1 Å². The summed E-state index contributed by atoms with van der Waals surface area (Å²) >= 11 is 0. The highest BCUT2D eigenvalue weighted by molar-refractivity contribution is 5.96. The number of carbonyl (C=O) groups excluding carboxylic acids is 1. The van der Waals surface area contributed by atoms with Gasteiger partial charge in [-0.25, -0.2) is 4.98 Å². The highest BCUT2D eigenvalue weighted by Crippen LogP contribution is 2.37. The standard InChI is InChI=1S/C22H27N7O5/c1-31-18-16(33-10-2-6-28-8-11-32-12-9-28)4-3-14-17(18)26-22(29-7-5-24-19(14)29)27-20(30)15-13-34-21(23)25-15/h3-4,13,24H,2,5-12H2,1H3,(H2,23,25). The van der Waals surface area contributed by atoms with Crippen molar-refractivity contribution in [2.75, 3.05) is 64.2 Å². The van der Waals surface area contributed by atoms with Crippen LogP contribution in [0.25, 0.3) is 10.9 Å². The molecule has 12 heteroatoms. The van der Waals surface area contributed by atoms with Crippen molar-refractivity contribution in [3.63, 3.8) is 0 Å². The quantitative estimate of drug-likeness (QED) is 0.479. The number of amides is 1. The molecule has 1 saturated heterocycles. The maximum atomic E-state index is 12.6. The van der Waals surface area contributed by atoms with E-state index >= 15 is 0 Å². The van der Waals surface area contributed by atoms with Gasteiger partial charge in [0.15, 0.2) is 17.2 Å². The van der Waals surface area contributed by atoms with Crippen LogP contribution >= 0.6 is 0 Å². The van der Waals surface area contributed by atoms with E-state index in [2.05, 4.69) is 25.2 Å². The van der Waals surface area contributed by atoms with E-state index in [1.54, 1.807) is 7.11 Å². The first kappa shape index (κ1) is 22.2. The summed E-state index contributed by atoms with van der Waals surface area (Å²) in [6.07, 6.45) is 2.06. The van der Waals surface area contributed by atoms with Crippen LogP contribution in [0.4, 0.5) is 11.8 Å². The molecule has 0 radical (unpaired) electrons. The number of methoxy groups -OCH3 is 1. The van der Waals surface area contributed by atoms with Crippen LogP contribution in [0.3, 0.4) is 0 Å². The Morgan fingerprint density at radius 2 is 2.12 bits per heavy atom. The lowest BCUT2D eigenvalue weighted by Gasteiger charge is -2.26. The third kappa shape index (κ3) is 4.41. The third-order valence-electron chi connectivity index (χ3n) is 5.83. The van der Waals surface area contributed by atoms with Gasteiger partial charge in [-0.3, -0.25) is 14.3 Å². The molecule has 12 nitrogen and oxygen atoms in total. The van der Waals surface area contributed by atoms with E-state index < -0.39 is 5.91 Å². The lowest BCUT2D eigenvalue weighted by molar-refractivity contribution is 0.0357. The van der Waals surface area contributed by atoms with Crippen molar-refractivity contribution in [3.05, 3.63) is 29.7 Å². The second kappa shape index (κ2) is 9.69. The van der Waals surface area contributed by atoms with Gasteiger partial charge in [0.1, 0.15) is 17.6 Å². The second-order valence-corrected chi connectivity index (χ2v) is 7.98. The Morgan fingerprint density at radius 3 is 2.88 bits per heavy atom. The second-order valence-electron chi connectivity index (χ2n) is 7.98. The zero-order valence-corrected chi connectivity index (χ0v) is 19.0. The van der Waals surface area contributed by atoms with Crippen molar-refractivity contribution in [3.8, 4) is 11.5 Å².